The number of hydrogen-bond acceptors (Lipinski definition) is 7. The predicted molar refractivity (Wildman–Crippen MR) is 112 cm³/mol. The van der Waals surface area contributed by atoms with Crippen LogP contribution >= 0.6 is 27.7 Å². The van der Waals surface area contributed by atoms with Gasteiger partial charge in [0, 0.05) is 10.2 Å². The molecule has 0 spiro atoms. The van der Waals surface area contributed by atoms with Crippen LogP contribution in [0.15, 0.2) is 52.0 Å². The smallest absolute Gasteiger partial charge is 0.493 e. The normalized spacial score (nSPS) is 10.5. The number of amides is 1. The summed E-state index contributed by atoms with van der Waals surface area (Å²) in [5.41, 5.74) is 4.28. The Morgan fingerprint density at radius 1 is 1.18 bits per heavy atom. The van der Waals surface area contributed by atoms with E-state index in [1.54, 1.807) is 18.2 Å². The minimum absolute atomic E-state index is 0.200. The number of hydrazone groups is 1. The highest BCUT2D eigenvalue weighted by Crippen LogP contribution is 2.27. The molecule has 0 atom stereocenters. The number of hydrogen-bond donors (Lipinski definition) is 1. The summed E-state index contributed by atoms with van der Waals surface area (Å²) in [5, 5.41) is 3.93. The van der Waals surface area contributed by atoms with Crippen molar-refractivity contribution in [3.8, 4) is 11.5 Å². The molecule has 0 aliphatic rings. The first-order valence-electron chi connectivity index (χ1n) is 8.09. The Hall–Kier alpha value is -2.52. The van der Waals surface area contributed by atoms with Gasteiger partial charge >= 0.3 is 6.16 Å². The summed E-state index contributed by atoms with van der Waals surface area (Å²) in [4.78, 5) is 23.1. The maximum absolute atomic E-state index is 11.9. The number of nitrogens with zero attached hydrogens (tertiary/aromatic N) is 1. The standard InChI is InChI=1S/C19H19BrN2O5S/c1-25-17-9-13(6-7-16(17)27-19(24)26-2)10-21-22-18(23)12-28-11-14-4-3-5-15(20)8-14/h3-10H,11-12H2,1-2H3,(H,22,23)/b21-10+. The highest BCUT2D eigenvalue weighted by atomic mass is 79.9. The Labute approximate surface area is 175 Å². The molecule has 0 aliphatic heterocycles. The van der Waals surface area contributed by atoms with Gasteiger partial charge in [-0.3, -0.25) is 4.79 Å². The zero-order valence-electron chi connectivity index (χ0n) is 15.3. The maximum atomic E-state index is 11.9. The average molecular weight is 467 g/mol. The van der Waals surface area contributed by atoms with Crippen molar-refractivity contribution in [3.63, 3.8) is 0 Å². The largest absolute Gasteiger partial charge is 0.513 e. The highest BCUT2D eigenvalue weighted by molar-refractivity contribution is 9.10. The van der Waals surface area contributed by atoms with E-state index in [2.05, 4.69) is 31.2 Å². The lowest BCUT2D eigenvalue weighted by molar-refractivity contribution is -0.118. The zero-order chi connectivity index (χ0) is 20.4. The third-order valence-corrected chi connectivity index (χ3v) is 4.84. The number of carbonyl (C=O) groups is 2. The minimum atomic E-state index is -0.840. The van der Waals surface area contributed by atoms with Gasteiger partial charge in [0.2, 0.25) is 5.91 Å². The number of halogens is 1. The van der Waals surface area contributed by atoms with Crippen LogP contribution in [0.25, 0.3) is 0 Å². The molecule has 0 aromatic heterocycles. The molecule has 28 heavy (non-hydrogen) atoms. The number of benzene rings is 2. The Balaban J connectivity index is 1.82. The Morgan fingerprint density at radius 3 is 2.71 bits per heavy atom. The third-order valence-electron chi connectivity index (χ3n) is 3.34. The van der Waals surface area contributed by atoms with Crippen molar-refractivity contribution in [2.75, 3.05) is 20.0 Å². The molecule has 0 unspecified atom stereocenters. The van der Waals surface area contributed by atoms with Crippen molar-refractivity contribution < 1.29 is 23.8 Å². The molecule has 7 nitrogen and oxygen atoms in total. The third kappa shape index (κ3) is 7.24. The molecule has 1 amide bonds. The van der Waals surface area contributed by atoms with Crippen LogP contribution in [0.2, 0.25) is 0 Å². The molecular formula is C19H19BrN2O5S. The molecule has 9 heteroatoms. The van der Waals surface area contributed by atoms with E-state index in [1.807, 2.05) is 24.3 Å². The van der Waals surface area contributed by atoms with Crippen molar-refractivity contribution in [2.45, 2.75) is 5.75 Å². The lowest BCUT2D eigenvalue weighted by Gasteiger charge is -2.08. The summed E-state index contributed by atoms with van der Waals surface area (Å²) in [6, 6.07) is 12.8. The zero-order valence-corrected chi connectivity index (χ0v) is 17.7. The number of thioether (sulfide) groups is 1. The van der Waals surface area contributed by atoms with E-state index in [0.717, 1.165) is 15.8 Å². The highest BCUT2D eigenvalue weighted by Gasteiger charge is 2.10. The van der Waals surface area contributed by atoms with Gasteiger partial charge in [-0.15, -0.1) is 11.8 Å². The van der Waals surface area contributed by atoms with Crippen LogP contribution in [0, 0.1) is 0 Å². The SMILES string of the molecule is COC(=O)Oc1ccc(/C=N/NC(=O)CSCc2cccc(Br)c2)cc1OC. The molecule has 0 saturated heterocycles. The Kier molecular flexibility index (Phi) is 8.83. The molecule has 2 rings (SSSR count). The summed E-state index contributed by atoms with van der Waals surface area (Å²) >= 11 is 4.92. The lowest BCUT2D eigenvalue weighted by atomic mass is 10.2. The molecule has 1 N–H and O–H groups in total. The van der Waals surface area contributed by atoms with Crippen molar-refractivity contribution >= 4 is 46.0 Å². The molecule has 2 aromatic rings. The van der Waals surface area contributed by atoms with E-state index in [0.29, 0.717) is 17.1 Å². The van der Waals surface area contributed by atoms with Crippen molar-refractivity contribution in [1.82, 2.24) is 5.43 Å². The Bertz CT molecular complexity index is 860. The fraction of sp³-hybridized carbons (Fsp3) is 0.211. The predicted octanol–water partition coefficient (Wildman–Crippen LogP) is 3.99. The molecule has 148 valence electrons. The van der Waals surface area contributed by atoms with Gasteiger partial charge in [-0.1, -0.05) is 28.1 Å². The van der Waals surface area contributed by atoms with E-state index >= 15 is 0 Å². The number of rotatable bonds is 8. The van der Waals surface area contributed by atoms with Crippen molar-refractivity contribution in [3.05, 3.63) is 58.1 Å². The van der Waals surface area contributed by atoms with Crippen molar-refractivity contribution in [2.24, 2.45) is 5.10 Å². The maximum Gasteiger partial charge on any atom is 0.513 e. The summed E-state index contributed by atoms with van der Waals surface area (Å²) < 4.78 is 15.6. The van der Waals surface area contributed by atoms with Crippen LogP contribution in [0.5, 0.6) is 11.5 Å². The van der Waals surface area contributed by atoms with Gasteiger partial charge in [0.1, 0.15) is 0 Å². The summed E-state index contributed by atoms with van der Waals surface area (Å²) in [6.07, 6.45) is 0.633. The van der Waals surface area contributed by atoms with Gasteiger partial charge in [0.15, 0.2) is 11.5 Å². The van der Waals surface area contributed by atoms with Gasteiger partial charge in [0.05, 0.1) is 26.2 Å². The number of carbonyl (C=O) groups excluding carboxylic acids is 2. The van der Waals surface area contributed by atoms with Crippen molar-refractivity contribution in [1.29, 1.82) is 0 Å². The fourth-order valence-electron chi connectivity index (χ4n) is 2.08. The number of methoxy groups -OCH3 is 2. The van der Waals surface area contributed by atoms with Crippen LogP contribution in [0.1, 0.15) is 11.1 Å². The minimum Gasteiger partial charge on any atom is -0.493 e. The first-order chi connectivity index (χ1) is 13.5. The van der Waals surface area contributed by atoms with Crippen LogP contribution in [-0.4, -0.2) is 38.2 Å². The van der Waals surface area contributed by atoms with E-state index < -0.39 is 6.16 Å². The quantitative estimate of drug-likeness (QED) is 0.274. The lowest BCUT2D eigenvalue weighted by Crippen LogP contribution is -2.19. The first kappa shape index (κ1) is 21.8. The molecule has 0 aliphatic carbocycles. The van der Waals surface area contributed by atoms with E-state index in [4.69, 9.17) is 9.47 Å². The monoisotopic (exact) mass is 466 g/mol. The fourth-order valence-corrected chi connectivity index (χ4v) is 3.29. The molecule has 0 radical (unpaired) electrons. The van der Waals surface area contributed by atoms with Gasteiger partial charge in [0.25, 0.3) is 0 Å². The van der Waals surface area contributed by atoms with Crippen LogP contribution < -0.4 is 14.9 Å². The van der Waals surface area contributed by atoms with E-state index in [-0.39, 0.29) is 11.7 Å². The second kappa shape index (κ2) is 11.4. The van der Waals surface area contributed by atoms with Crippen LogP contribution in [0.4, 0.5) is 4.79 Å². The Morgan fingerprint density at radius 2 is 2.00 bits per heavy atom. The molecular weight excluding hydrogens is 448 g/mol. The van der Waals surface area contributed by atoms with Gasteiger partial charge in [-0.05, 0) is 41.5 Å². The molecule has 0 saturated carbocycles. The molecule has 2 aromatic carbocycles. The number of nitrogens with one attached hydrogen (secondary N) is 1. The topological polar surface area (TPSA) is 86.2 Å². The van der Waals surface area contributed by atoms with E-state index in [9.17, 15) is 9.59 Å². The second-order valence-corrected chi connectivity index (χ2v) is 7.28. The molecule has 0 heterocycles. The summed E-state index contributed by atoms with van der Waals surface area (Å²) in [7, 11) is 2.67. The van der Waals surface area contributed by atoms with Crippen LogP contribution in [0.3, 0.4) is 0 Å². The first-order valence-corrected chi connectivity index (χ1v) is 10.0. The van der Waals surface area contributed by atoms with Crippen LogP contribution in [-0.2, 0) is 15.3 Å². The van der Waals surface area contributed by atoms with Gasteiger partial charge in [-0.25, -0.2) is 10.2 Å². The van der Waals surface area contributed by atoms with Gasteiger partial charge < -0.3 is 14.2 Å². The average Bonchev–Trinajstić information content (AvgIpc) is 2.69. The number of ether oxygens (including phenoxy) is 3. The second-order valence-electron chi connectivity index (χ2n) is 5.38. The summed E-state index contributed by atoms with van der Waals surface area (Å²) in [6.45, 7) is 0. The van der Waals surface area contributed by atoms with Gasteiger partial charge in [-0.2, -0.15) is 5.10 Å². The molecule has 0 bridgehead atoms. The van der Waals surface area contributed by atoms with E-state index in [1.165, 1.54) is 32.2 Å². The summed E-state index contributed by atoms with van der Waals surface area (Å²) in [5.74, 6) is 1.38. The molecule has 0 fully saturated rings.